The highest BCUT2D eigenvalue weighted by Gasteiger charge is 2.26. The highest BCUT2D eigenvalue weighted by molar-refractivity contribution is 8.01. The first-order valence-corrected chi connectivity index (χ1v) is 15.4. The molecule has 3 heterocycles. The van der Waals surface area contributed by atoms with E-state index in [1.165, 1.54) is 57.2 Å². The summed E-state index contributed by atoms with van der Waals surface area (Å²) in [7, 11) is -3.55. The van der Waals surface area contributed by atoms with E-state index in [0.29, 0.717) is 34.7 Å². The Morgan fingerprint density at radius 2 is 1.70 bits per heavy atom. The fraction of sp³-hybridized carbons (Fsp3) is 0.360. The number of piperidine rings is 1. The molecule has 5 rings (SSSR count). The van der Waals surface area contributed by atoms with Gasteiger partial charge in [-0.2, -0.15) is 4.31 Å². The number of aromatic nitrogens is 2. The number of anilines is 2. The molecule has 0 aliphatic carbocycles. The lowest BCUT2D eigenvalue weighted by atomic mass is 10.0. The minimum Gasteiger partial charge on any atom is -0.311 e. The maximum Gasteiger partial charge on any atom is 0.257 e. The summed E-state index contributed by atoms with van der Waals surface area (Å²) in [6, 6.07) is 13.9. The molecule has 2 aromatic carbocycles. The molecule has 9 nitrogen and oxygen atoms in total. The van der Waals surface area contributed by atoms with Crippen molar-refractivity contribution in [2.45, 2.75) is 41.3 Å². The zero-order valence-electron chi connectivity index (χ0n) is 20.1. The third kappa shape index (κ3) is 5.87. The number of nitrogens with zero attached hydrogens (tertiary/aromatic N) is 4. The first-order chi connectivity index (χ1) is 17.9. The van der Waals surface area contributed by atoms with Gasteiger partial charge in [-0.15, -0.1) is 10.2 Å². The molecule has 2 aliphatic rings. The van der Waals surface area contributed by atoms with Crippen LogP contribution in [0.1, 0.15) is 41.6 Å². The first kappa shape index (κ1) is 25.8. The van der Waals surface area contributed by atoms with Crippen molar-refractivity contribution in [2.75, 3.05) is 35.6 Å². The van der Waals surface area contributed by atoms with Crippen molar-refractivity contribution in [3.05, 3.63) is 59.7 Å². The number of carbonyl (C=O) groups is 2. The average Bonchev–Trinajstić information content (AvgIpc) is 3.39. The molecule has 37 heavy (non-hydrogen) atoms. The van der Waals surface area contributed by atoms with Gasteiger partial charge in [-0.3, -0.25) is 14.9 Å². The third-order valence-corrected chi connectivity index (χ3v) is 10.3. The molecular weight excluding hydrogens is 531 g/mol. The highest BCUT2D eigenvalue weighted by Crippen LogP contribution is 2.30. The molecule has 1 N–H and O–H groups in total. The fourth-order valence-corrected chi connectivity index (χ4v) is 7.65. The summed E-state index contributed by atoms with van der Waals surface area (Å²) in [5.74, 6) is -0.169. The van der Waals surface area contributed by atoms with E-state index in [0.717, 1.165) is 37.8 Å². The van der Waals surface area contributed by atoms with Crippen LogP contribution in [0.4, 0.5) is 10.8 Å². The van der Waals surface area contributed by atoms with Gasteiger partial charge in [-0.05, 0) is 61.6 Å². The molecule has 0 atom stereocenters. The molecule has 1 aromatic heterocycles. The molecule has 2 aliphatic heterocycles. The van der Waals surface area contributed by atoms with Crippen LogP contribution in [0.15, 0.2) is 57.8 Å². The summed E-state index contributed by atoms with van der Waals surface area (Å²) >= 11 is 2.48. The van der Waals surface area contributed by atoms with E-state index in [9.17, 15) is 18.0 Å². The Balaban J connectivity index is 1.16. The van der Waals surface area contributed by atoms with Gasteiger partial charge < -0.3 is 4.90 Å². The summed E-state index contributed by atoms with van der Waals surface area (Å²) in [6.45, 7) is 1.75. The van der Waals surface area contributed by atoms with Gasteiger partial charge in [0, 0.05) is 30.9 Å². The number of hydrogen-bond acceptors (Lipinski definition) is 8. The molecule has 12 heteroatoms. The zero-order chi connectivity index (χ0) is 25.8. The number of aryl methyl sites for hydroxylation is 1. The zero-order valence-corrected chi connectivity index (χ0v) is 22.6. The van der Waals surface area contributed by atoms with Gasteiger partial charge in [0.05, 0.1) is 10.6 Å². The maximum atomic E-state index is 12.8. The topological polar surface area (TPSA) is 113 Å². The van der Waals surface area contributed by atoms with Crippen molar-refractivity contribution in [3.8, 4) is 0 Å². The summed E-state index contributed by atoms with van der Waals surface area (Å²) < 4.78 is 27.7. The van der Waals surface area contributed by atoms with Crippen LogP contribution in [0.25, 0.3) is 0 Å². The van der Waals surface area contributed by atoms with E-state index in [-0.39, 0.29) is 16.6 Å². The summed E-state index contributed by atoms with van der Waals surface area (Å²) in [6.07, 6.45) is 4.68. The van der Waals surface area contributed by atoms with E-state index in [1.807, 2.05) is 23.1 Å². The van der Waals surface area contributed by atoms with Crippen LogP contribution in [-0.4, -0.2) is 60.1 Å². The Bertz CT molecular complexity index is 1390. The van der Waals surface area contributed by atoms with Crippen molar-refractivity contribution < 1.29 is 18.0 Å². The Labute approximate surface area is 224 Å². The summed E-state index contributed by atoms with van der Waals surface area (Å²) in [4.78, 5) is 27.5. The Morgan fingerprint density at radius 3 is 2.49 bits per heavy atom. The number of hydrogen-bond donors (Lipinski definition) is 1. The smallest absolute Gasteiger partial charge is 0.257 e. The van der Waals surface area contributed by atoms with E-state index < -0.39 is 15.9 Å². The third-order valence-electron chi connectivity index (χ3n) is 6.43. The number of rotatable bonds is 7. The van der Waals surface area contributed by atoms with Crippen LogP contribution in [0.2, 0.25) is 0 Å². The standard InChI is InChI=1S/C25H27N5O4S3/c31-22(30-16-6-8-18-7-2-3-9-21(18)30)17-35-25-28-27-24(36-25)26-23(32)19-10-12-20(13-11-19)37(33,34)29-14-4-1-5-15-29/h2-3,7,9-13H,1,4-6,8,14-17H2,(H,26,27,32). The molecule has 3 aromatic rings. The van der Waals surface area contributed by atoms with Crippen LogP contribution in [0.5, 0.6) is 0 Å². The van der Waals surface area contributed by atoms with Gasteiger partial charge in [0.15, 0.2) is 4.34 Å². The van der Waals surface area contributed by atoms with Crippen LogP contribution < -0.4 is 10.2 Å². The molecule has 0 saturated carbocycles. The van der Waals surface area contributed by atoms with E-state index in [4.69, 9.17) is 0 Å². The van der Waals surface area contributed by atoms with E-state index >= 15 is 0 Å². The lowest BCUT2D eigenvalue weighted by molar-refractivity contribution is -0.116. The number of fused-ring (bicyclic) bond motifs is 1. The van der Waals surface area contributed by atoms with Gasteiger partial charge in [-0.1, -0.05) is 47.7 Å². The quantitative estimate of drug-likeness (QED) is 0.345. The van der Waals surface area contributed by atoms with E-state index in [2.05, 4.69) is 21.6 Å². The minimum atomic E-state index is -3.55. The normalized spacial score (nSPS) is 16.3. The molecule has 194 valence electrons. The van der Waals surface area contributed by atoms with Crippen LogP contribution in [-0.2, 0) is 21.2 Å². The van der Waals surface area contributed by atoms with Crippen molar-refractivity contribution in [2.24, 2.45) is 0 Å². The molecule has 1 saturated heterocycles. The molecule has 0 radical (unpaired) electrons. The predicted octanol–water partition coefficient (Wildman–Crippen LogP) is 4.04. The SMILES string of the molecule is O=C(Nc1nnc(SCC(=O)N2CCCc3ccccc32)s1)c1ccc(S(=O)(=O)N2CCCCC2)cc1. The second-order valence-electron chi connectivity index (χ2n) is 8.88. The number of para-hydroxylation sites is 1. The first-order valence-electron chi connectivity index (χ1n) is 12.2. The summed E-state index contributed by atoms with van der Waals surface area (Å²) in [5, 5.41) is 11.1. The van der Waals surface area contributed by atoms with Crippen LogP contribution >= 0.6 is 23.1 Å². The molecule has 0 bridgehead atoms. The van der Waals surface area contributed by atoms with Gasteiger partial charge in [0.25, 0.3) is 5.91 Å². The van der Waals surface area contributed by atoms with Crippen molar-refractivity contribution >= 4 is 55.8 Å². The van der Waals surface area contributed by atoms with Crippen molar-refractivity contribution in [3.63, 3.8) is 0 Å². The van der Waals surface area contributed by atoms with Gasteiger partial charge in [-0.25, -0.2) is 8.42 Å². The Morgan fingerprint density at radius 1 is 0.946 bits per heavy atom. The van der Waals surface area contributed by atoms with Crippen molar-refractivity contribution in [1.82, 2.24) is 14.5 Å². The Hall–Kier alpha value is -2.80. The minimum absolute atomic E-state index is 0.0116. The largest absolute Gasteiger partial charge is 0.311 e. The summed E-state index contributed by atoms with van der Waals surface area (Å²) in [5.41, 5.74) is 2.48. The number of amides is 2. The van der Waals surface area contributed by atoms with Gasteiger partial charge in [0.2, 0.25) is 21.1 Å². The molecule has 2 amide bonds. The Kier molecular flexibility index (Phi) is 7.89. The van der Waals surface area contributed by atoms with Crippen molar-refractivity contribution in [1.29, 1.82) is 0 Å². The van der Waals surface area contributed by atoms with Gasteiger partial charge >= 0.3 is 0 Å². The number of thioether (sulfide) groups is 1. The van der Waals surface area contributed by atoms with E-state index in [1.54, 1.807) is 0 Å². The molecule has 1 fully saturated rings. The monoisotopic (exact) mass is 557 g/mol. The average molecular weight is 558 g/mol. The lowest BCUT2D eigenvalue weighted by Crippen LogP contribution is -2.36. The second-order valence-corrected chi connectivity index (χ2v) is 13.0. The highest BCUT2D eigenvalue weighted by atomic mass is 32.2. The van der Waals surface area contributed by atoms with Crippen LogP contribution in [0, 0.1) is 0 Å². The fourth-order valence-electron chi connectivity index (χ4n) is 4.51. The van der Waals surface area contributed by atoms with Crippen LogP contribution in [0.3, 0.4) is 0 Å². The number of sulfonamides is 1. The number of nitrogens with one attached hydrogen (secondary N) is 1. The number of benzene rings is 2. The van der Waals surface area contributed by atoms with Gasteiger partial charge in [0.1, 0.15) is 0 Å². The molecular formula is C25H27N5O4S3. The molecule has 0 unspecified atom stereocenters. The maximum absolute atomic E-state index is 12.8. The second kappa shape index (κ2) is 11.3. The number of carbonyl (C=O) groups excluding carboxylic acids is 2. The molecule has 0 spiro atoms. The predicted molar refractivity (Wildman–Crippen MR) is 145 cm³/mol. The lowest BCUT2D eigenvalue weighted by Gasteiger charge is -2.29.